The van der Waals surface area contributed by atoms with E-state index in [9.17, 15) is 0 Å². The van der Waals surface area contributed by atoms with Gasteiger partial charge in [0, 0.05) is 5.39 Å². The predicted octanol–water partition coefficient (Wildman–Crippen LogP) is 3.61. The van der Waals surface area contributed by atoms with Gasteiger partial charge >= 0.3 is 0 Å². The number of pyridine rings is 1. The molecule has 2 heteroatoms. The molecule has 2 aromatic rings. The molecule has 0 aliphatic carbocycles. The van der Waals surface area contributed by atoms with Crippen LogP contribution in [0.3, 0.4) is 0 Å². The lowest BCUT2D eigenvalue weighted by atomic mass is 10.1. The predicted molar refractivity (Wildman–Crippen MR) is 58.9 cm³/mol. The molecule has 1 aromatic heterocycles. The Balaban J connectivity index is 2.87. The second-order valence-corrected chi connectivity index (χ2v) is 4.09. The van der Waals surface area contributed by atoms with E-state index < -0.39 is 0 Å². The van der Waals surface area contributed by atoms with Crippen molar-refractivity contribution in [3.8, 4) is 0 Å². The Labute approximate surface area is 85.9 Å². The van der Waals surface area contributed by atoms with Gasteiger partial charge in [0.2, 0.25) is 0 Å². The zero-order valence-corrected chi connectivity index (χ0v) is 9.22. The van der Waals surface area contributed by atoms with Gasteiger partial charge in [0.05, 0.1) is 5.52 Å². The number of hydrogen-bond acceptors (Lipinski definition) is 1. The van der Waals surface area contributed by atoms with Crippen molar-refractivity contribution in [2.75, 3.05) is 0 Å². The molecule has 1 nitrogen and oxygen atoms in total. The maximum atomic E-state index is 4.39. The fraction of sp³-hybridized carbons (Fsp3) is 0.182. The number of halogens is 1. The molecular formula is C11H10BrN. The van der Waals surface area contributed by atoms with Crippen molar-refractivity contribution in [1.82, 2.24) is 4.98 Å². The van der Waals surface area contributed by atoms with Crippen molar-refractivity contribution >= 4 is 26.8 Å². The van der Waals surface area contributed by atoms with Crippen LogP contribution in [0.25, 0.3) is 10.9 Å². The van der Waals surface area contributed by atoms with Gasteiger partial charge in [-0.3, -0.25) is 0 Å². The Kier molecular flexibility index (Phi) is 2.08. The molecule has 0 spiro atoms. The van der Waals surface area contributed by atoms with E-state index in [1.54, 1.807) is 0 Å². The van der Waals surface area contributed by atoms with Gasteiger partial charge in [-0.2, -0.15) is 0 Å². The fourth-order valence-electron chi connectivity index (χ4n) is 1.47. The Morgan fingerprint density at radius 2 is 1.92 bits per heavy atom. The van der Waals surface area contributed by atoms with Crippen molar-refractivity contribution in [1.29, 1.82) is 0 Å². The van der Waals surface area contributed by atoms with E-state index in [1.165, 1.54) is 16.5 Å². The molecule has 66 valence electrons. The van der Waals surface area contributed by atoms with E-state index in [-0.39, 0.29) is 0 Å². The molecule has 0 saturated carbocycles. The van der Waals surface area contributed by atoms with Crippen LogP contribution < -0.4 is 0 Å². The molecule has 0 saturated heterocycles. The summed E-state index contributed by atoms with van der Waals surface area (Å²) >= 11 is 3.39. The van der Waals surface area contributed by atoms with Gasteiger partial charge in [0.15, 0.2) is 0 Å². The summed E-state index contributed by atoms with van der Waals surface area (Å²) in [6, 6.07) is 8.36. The summed E-state index contributed by atoms with van der Waals surface area (Å²) < 4.78 is 0.904. The van der Waals surface area contributed by atoms with E-state index in [0.717, 1.165) is 10.1 Å². The summed E-state index contributed by atoms with van der Waals surface area (Å²) in [4.78, 5) is 4.39. The minimum atomic E-state index is 0.904. The first kappa shape index (κ1) is 8.70. The number of aromatic nitrogens is 1. The smallest absolute Gasteiger partial charge is 0.107 e. The highest BCUT2D eigenvalue weighted by molar-refractivity contribution is 9.10. The van der Waals surface area contributed by atoms with Crippen LogP contribution >= 0.6 is 15.9 Å². The summed E-state index contributed by atoms with van der Waals surface area (Å²) in [5, 5.41) is 1.24. The van der Waals surface area contributed by atoms with Crippen LogP contribution in [0.5, 0.6) is 0 Å². The van der Waals surface area contributed by atoms with Crippen LogP contribution in [-0.2, 0) is 0 Å². The van der Waals surface area contributed by atoms with Crippen molar-refractivity contribution in [3.05, 3.63) is 40.0 Å². The summed E-state index contributed by atoms with van der Waals surface area (Å²) in [5.41, 5.74) is 3.60. The summed E-state index contributed by atoms with van der Waals surface area (Å²) in [5.74, 6) is 0. The SMILES string of the molecule is Cc1ccc2nc(Br)cc(C)c2c1. The molecule has 1 heterocycles. The van der Waals surface area contributed by atoms with Gasteiger partial charge in [-0.1, -0.05) is 11.6 Å². The summed E-state index contributed by atoms with van der Waals surface area (Å²) in [7, 11) is 0. The Morgan fingerprint density at radius 1 is 1.15 bits per heavy atom. The standard InChI is InChI=1S/C11H10BrN/c1-7-3-4-10-9(5-7)8(2)6-11(12)13-10/h3-6H,1-2H3. The minimum absolute atomic E-state index is 0.904. The number of fused-ring (bicyclic) bond motifs is 1. The average Bonchev–Trinajstić information content (AvgIpc) is 2.06. The highest BCUT2D eigenvalue weighted by Crippen LogP contribution is 2.21. The van der Waals surface area contributed by atoms with Gasteiger partial charge in [0.25, 0.3) is 0 Å². The molecule has 0 aliphatic rings. The maximum Gasteiger partial charge on any atom is 0.107 e. The third-order valence-electron chi connectivity index (χ3n) is 2.14. The lowest BCUT2D eigenvalue weighted by molar-refractivity contribution is 1.31. The highest BCUT2D eigenvalue weighted by Gasteiger charge is 2.00. The average molecular weight is 236 g/mol. The van der Waals surface area contributed by atoms with Crippen LogP contribution in [0.4, 0.5) is 0 Å². The van der Waals surface area contributed by atoms with Gasteiger partial charge in [-0.05, 0) is 53.5 Å². The van der Waals surface area contributed by atoms with Crippen molar-refractivity contribution in [2.24, 2.45) is 0 Å². The van der Waals surface area contributed by atoms with Crippen molar-refractivity contribution in [2.45, 2.75) is 13.8 Å². The van der Waals surface area contributed by atoms with Crippen LogP contribution in [0.2, 0.25) is 0 Å². The number of hydrogen-bond donors (Lipinski definition) is 0. The first-order valence-corrected chi connectivity index (χ1v) is 4.99. The first-order chi connectivity index (χ1) is 6.16. The Morgan fingerprint density at radius 3 is 2.69 bits per heavy atom. The van der Waals surface area contributed by atoms with E-state index in [4.69, 9.17) is 0 Å². The molecule has 13 heavy (non-hydrogen) atoms. The first-order valence-electron chi connectivity index (χ1n) is 4.20. The lowest BCUT2D eigenvalue weighted by Gasteiger charge is -2.03. The largest absolute Gasteiger partial charge is 0.241 e. The van der Waals surface area contributed by atoms with Crippen molar-refractivity contribution < 1.29 is 0 Å². The normalized spacial score (nSPS) is 10.7. The zero-order valence-electron chi connectivity index (χ0n) is 7.63. The molecule has 0 aliphatic heterocycles. The Bertz CT molecular complexity index is 463. The fourth-order valence-corrected chi connectivity index (χ4v) is 2.00. The topological polar surface area (TPSA) is 12.9 Å². The quantitative estimate of drug-likeness (QED) is 0.636. The molecule has 0 bridgehead atoms. The highest BCUT2D eigenvalue weighted by atomic mass is 79.9. The van der Waals surface area contributed by atoms with Gasteiger partial charge in [-0.25, -0.2) is 4.98 Å². The third kappa shape index (κ3) is 1.59. The van der Waals surface area contributed by atoms with Crippen molar-refractivity contribution in [3.63, 3.8) is 0 Å². The zero-order chi connectivity index (χ0) is 9.42. The summed E-state index contributed by atoms with van der Waals surface area (Å²) in [6.07, 6.45) is 0. The van der Waals surface area contributed by atoms with E-state index >= 15 is 0 Å². The maximum absolute atomic E-state index is 4.39. The molecule has 0 radical (unpaired) electrons. The van der Waals surface area contributed by atoms with E-state index in [1.807, 2.05) is 6.07 Å². The lowest BCUT2D eigenvalue weighted by Crippen LogP contribution is -1.85. The number of benzene rings is 1. The number of rotatable bonds is 0. The molecule has 0 atom stereocenters. The van der Waals surface area contributed by atoms with E-state index in [0.29, 0.717) is 0 Å². The van der Waals surface area contributed by atoms with Gasteiger partial charge in [0.1, 0.15) is 4.60 Å². The molecular weight excluding hydrogens is 226 g/mol. The molecule has 0 amide bonds. The van der Waals surface area contributed by atoms with Gasteiger partial charge in [-0.15, -0.1) is 0 Å². The molecule has 0 fully saturated rings. The molecule has 1 aromatic carbocycles. The molecule has 2 rings (SSSR count). The van der Waals surface area contributed by atoms with Crippen LogP contribution in [0.1, 0.15) is 11.1 Å². The molecule has 0 N–H and O–H groups in total. The number of aryl methyl sites for hydroxylation is 2. The Hall–Kier alpha value is -0.890. The third-order valence-corrected chi connectivity index (χ3v) is 2.55. The van der Waals surface area contributed by atoms with E-state index in [2.05, 4.69) is 53.0 Å². The van der Waals surface area contributed by atoms with Crippen LogP contribution in [0.15, 0.2) is 28.9 Å². The monoisotopic (exact) mass is 235 g/mol. The number of nitrogens with zero attached hydrogens (tertiary/aromatic N) is 1. The second kappa shape index (κ2) is 3.11. The van der Waals surface area contributed by atoms with Crippen LogP contribution in [-0.4, -0.2) is 4.98 Å². The summed E-state index contributed by atoms with van der Waals surface area (Å²) in [6.45, 7) is 4.20. The minimum Gasteiger partial charge on any atom is -0.241 e. The van der Waals surface area contributed by atoms with Gasteiger partial charge < -0.3 is 0 Å². The molecule has 0 unspecified atom stereocenters. The second-order valence-electron chi connectivity index (χ2n) is 3.28. The van der Waals surface area contributed by atoms with Crippen LogP contribution in [0, 0.1) is 13.8 Å².